The SMILES string of the molecule is NC(=O)NC(=O)OC[C@@H](Cc1ccccc1)NCl. The van der Waals surface area contributed by atoms with Gasteiger partial charge >= 0.3 is 12.1 Å². The zero-order valence-electron chi connectivity index (χ0n) is 9.56. The number of carbonyl (C=O) groups excluding carboxylic acids is 2. The lowest BCUT2D eigenvalue weighted by Gasteiger charge is -2.14. The molecule has 18 heavy (non-hydrogen) atoms. The molecular weight excluding hydrogens is 258 g/mol. The monoisotopic (exact) mass is 271 g/mol. The van der Waals surface area contributed by atoms with E-state index in [1.807, 2.05) is 30.3 Å². The molecule has 0 fully saturated rings. The minimum absolute atomic E-state index is 0.0253. The normalized spacial score (nSPS) is 11.6. The zero-order valence-corrected chi connectivity index (χ0v) is 10.3. The summed E-state index contributed by atoms with van der Waals surface area (Å²) in [6.45, 7) is 0.0253. The van der Waals surface area contributed by atoms with Gasteiger partial charge in [-0.25, -0.2) is 19.7 Å². The van der Waals surface area contributed by atoms with Crippen LogP contribution in [0.25, 0.3) is 0 Å². The van der Waals surface area contributed by atoms with Gasteiger partial charge in [0, 0.05) is 0 Å². The van der Waals surface area contributed by atoms with Crippen molar-refractivity contribution in [3.05, 3.63) is 35.9 Å². The van der Waals surface area contributed by atoms with Gasteiger partial charge < -0.3 is 10.5 Å². The average Bonchev–Trinajstić information content (AvgIpc) is 2.35. The molecule has 0 heterocycles. The van der Waals surface area contributed by atoms with Crippen molar-refractivity contribution in [3.8, 4) is 0 Å². The summed E-state index contributed by atoms with van der Waals surface area (Å²) in [6, 6.07) is 8.37. The van der Waals surface area contributed by atoms with E-state index in [1.54, 1.807) is 5.32 Å². The number of benzene rings is 1. The van der Waals surface area contributed by atoms with E-state index in [0.717, 1.165) is 5.56 Å². The molecule has 0 bridgehead atoms. The second-order valence-corrected chi connectivity index (χ2v) is 3.80. The van der Waals surface area contributed by atoms with Gasteiger partial charge in [-0.3, -0.25) is 0 Å². The van der Waals surface area contributed by atoms with Gasteiger partial charge in [0.15, 0.2) is 0 Å². The van der Waals surface area contributed by atoms with Crippen LogP contribution in [-0.2, 0) is 11.2 Å². The van der Waals surface area contributed by atoms with Crippen molar-refractivity contribution >= 4 is 23.9 Å². The molecule has 0 saturated heterocycles. The summed E-state index contributed by atoms with van der Waals surface area (Å²) in [5.41, 5.74) is 5.81. The van der Waals surface area contributed by atoms with E-state index in [2.05, 4.69) is 4.84 Å². The van der Waals surface area contributed by atoms with Crippen molar-refractivity contribution < 1.29 is 14.3 Å². The molecule has 0 aromatic heterocycles. The van der Waals surface area contributed by atoms with Crippen LogP contribution in [0.2, 0.25) is 0 Å². The van der Waals surface area contributed by atoms with E-state index in [9.17, 15) is 9.59 Å². The van der Waals surface area contributed by atoms with Crippen molar-refractivity contribution in [1.29, 1.82) is 0 Å². The van der Waals surface area contributed by atoms with Crippen molar-refractivity contribution in [2.45, 2.75) is 12.5 Å². The molecule has 0 spiro atoms. The third-order valence-electron chi connectivity index (χ3n) is 2.12. The molecule has 0 aliphatic carbocycles. The van der Waals surface area contributed by atoms with Crippen LogP contribution in [0.1, 0.15) is 5.56 Å². The largest absolute Gasteiger partial charge is 0.447 e. The second kappa shape index (κ2) is 7.52. The fraction of sp³-hybridized carbons (Fsp3) is 0.273. The van der Waals surface area contributed by atoms with Gasteiger partial charge in [-0.2, -0.15) is 0 Å². The molecule has 1 atom stereocenters. The molecule has 7 heteroatoms. The van der Waals surface area contributed by atoms with Gasteiger partial charge in [0.05, 0.1) is 6.04 Å². The van der Waals surface area contributed by atoms with Gasteiger partial charge in [0.25, 0.3) is 0 Å². The molecule has 4 N–H and O–H groups in total. The average molecular weight is 272 g/mol. The van der Waals surface area contributed by atoms with E-state index in [-0.39, 0.29) is 12.6 Å². The highest BCUT2D eigenvalue weighted by Crippen LogP contribution is 2.04. The number of imide groups is 1. The van der Waals surface area contributed by atoms with Crippen LogP contribution in [0.5, 0.6) is 0 Å². The first-order chi connectivity index (χ1) is 8.61. The van der Waals surface area contributed by atoms with Crippen molar-refractivity contribution in [1.82, 2.24) is 10.2 Å². The Bertz CT molecular complexity index is 400. The Morgan fingerprint density at radius 3 is 2.56 bits per heavy atom. The third kappa shape index (κ3) is 5.51. The number of nitrogens with two attached hydrogens (primary N) is 1. The van der Waals surface area contributed by atoms with Crippen LogP contribution in [0, 0.1) is 0 Å². The van der Waals surface area contributed by atoms with Crippen molar-refractivity contribution in [3.63, 3.8) is 0 Å². The summed E-state index contributed by atoms with van der Waals surface area (Å²) in [7, 11) is 0. The number of nitrogens with one attached hydrogen (secondary N) is 2. The van der Waals surface area contributed by atoms with Gasteiger partial charge in [0.2, 0.25) is 0 Å². The number of carbonyl (C=O) groups is 2. The van der Waals surface area contributed by atoms with Gasteiger partial charge in [-0.15, -0.1) is 0 Å². The minimum Gasteiger partial charge on any atom is -0.447 e. The van der Waals surface area contributed by atoms with E-state index < -0.39 is 12.1 Å². The molecule has 1 aromatic carbocycles. The van der Waals surface area contributed by atoms with Gasteiger partial charge in [0.1, 0.15) is 6.61 Å². The lowest BCUT2D eigenvalue weighted by Crippen LogP contribution is -2.38. The molecule has 1 rings (SSSR count). The Morgan fingerprint density at radius 2 is 2.00 bits per heavy atom. The number of amides is 3. The van der Waals surface area contributed by atoms with Crippen LogP contribution in [-0.4, -0.2) is 24.8 Å². The Morgan fingerprint density at radius 1 is 1.33 bits per heavy atom. The molecule has 0 unspecified atom stereocenters. The van der Waals surface area contributed by atoms with Crippen LogP contribution < -0.4 is 15.9 Å². The van der Waals surface area contributed by atoms with E-state index >= 15 is 0 Å². The summed E-state index contributed by atoms with van der Waals surface area (Å²) in [4.78, 5) is 23.9. The van der Waals surface area contributed by atoms with Gasteiger partial charge in [-0.05, 0) is 23.8 Å². The predicted octanol–water partition coefficient (Wildman–Crippen LogP) is 1.15. The van der Waals surface area contributed by atoms with Crippen LogP contribution in [0.15, 0.2) is 30.3 Å². The molecule has 6 nitrogen and oxygen atoms in total. The zero-order chi connectivity index (χ0) is 13.4. The maximum Gasteiger partial charge on any atom is 0.415 e. The summed E-state index contributed by atoms with van der Waals surface area (Å²) in [5, 5.41) is 1.79. The summed E-state index contributed by atoms with van der Waals surface area (Å²) < 4.78 is 4.78. The standard InChI is InChI=1S/C11H14ClN3O3/c12-15-9(6-8-4-2-1-3-5-8)7-18-11(17)14-10(13)16/h1-5,9,15H,6-7H2,(H3,13,14,16,17)/t9-/m1/s1. The quantitative estimate of drug-likeness (QED) is 0.700. The molecule has 98 valence electrons. The third-order valence-corrected chi connectivity index (χ3v) is 2.43. The smallest absolute Gasteiger partial charge is 0.415 e. The molecule has 0 aliphatic rings. The highest BCUT2D eigenvalue weighted by Gasteiger charge is 2.12. The fourth-order valence-electron chi connectivity index (χ4n) is 1.34. The highest BCUT2D eigenvalue weighted by atomic mass is 35.5. The summed E-state index contributed by atoms with van der Waals surface area (Å²) in [5.74, 6) is 0. The summed E-state index contributed by atoms with van der Waals surface area (Å²) >= 11 is 5.55. The van der Waals surface area contributed by atoms with E-state index in [4.69, 9.17) is 22.2 Å². The van der Waals surface area contributed by atoms with Crippen LogP contribution in [0.3, 0.4) is 0 Å². The number of hydrogen-bond donors (Lipinski definition) is 3. The molecule has 0 aliphatic heterocycles. The number of rotatable bonds is 5. The Kier molecular flexibility index (Phi) is 5.96. The fourth-order valence-corrected chi connectivity index (χ4v) is 1.48. The Labute approximate surface area is 110 Å². The van der Waals surface area contributed by atoms with Crippen LogP contribution >= 0.6 is 11.8 Å². The Hall–Kier alpha value is -1.79. The van der Waals surface area contributed by atoms with E-state index in [1.165, 1.54) is 0 Å². The highest BCUT2D eigenvalue weighted by molar-refractivity contribution is 6.13. The maximum absolute atomic E-state index is 11.0. The molecule has 1 aromatic rings. The van der Waals surface area contributed by atoms with Gasteiger partial charge in [-0.1, -0.05) is 30.3 Å². The van der Waals surface area contributed by atoms with E-state index in [0.29, 0.717) is 6.42 Å². The topological polar surface area (TPSA) is 93.5 Å². The van der Waals surface area contributed by atoms with Crippen molar-refractivity contribution in [2.24, 2.45) is 5.73 Å². The number of hydrogen-bond acceptors (Lipinski definition) is 4. The number of urea groups is 1. The molecule has 3 amide bonds. The molecular formula is C11H14ClN3O3. The number of alkyl carbamates (subject to hydrolysis) is 1. The maximum atomic E-state index is 11.0. The molecule has 0 radical (unpaired) electrons. The Balaban J connectivity index is 2.38. The first kappa shape index (κ1) is 14.3. The lowest BCUT2D eigenvalue weighted by atomic mass is 10.1. The second-order valence-electron chi connectivity index (χ2n) is 3.58. The van der Waals surface area contributed by atoms with Crippen molar-refractivity contribution in [2.75, 3.05) is 6.61 Å². The predicted molar refractivity (Wildman–Crippen MR) is 67.0 cm³/mol. The number of ether oxygens (including phenoxy) is 1. The van der Waals surface area contributed by atoms with Crippen LogP contribution in [0.4, 0.5) is 9.59 Å². The lowest BCUT2D eigenvalue weighted by molar-refractivity contribution is 0.138. The number of primary amides is 1. The minimum atomic E-state index is -0.960. The first-order valence-electron chi connectivity index (χ1n) is 5.25. The molecule has 0 saturated carbocycles. The first-order valence-corrected chi connectivity index (χ1v) is 5.63. The summed E-state index contributed by atoms with van der Waals surface area (Å²) in [6.07, 6.45) is -0.304. The number of halogens is 1.